The standard InChI is InChI=1S/C12H16FNO/c1-9(2)6-12(15)14-8-10-4-3-5-11(13)7-10/h3-5,7-9,12,15H,6H2,1-2H3/t12-/m0/s1. The molecule has 1 rings (SSSR count). The average molecular weight is 209 g/mol. The third-order valence-electron chi connectivity index (χ3n) is 1.93. The van der Waals surface area contributed by atoms with Crippen LogP contribution >= 0.6 is 0 Å². The van der Waals surface area contributed by atoms with Crippen LogP contribution in [0.3, 0.4) is 0 Å². The third kappa shape index (κ3) is 4.70. The van der Waals surface area contributed by atoms with Crippen LogP contribution in [0.15, 0.2) is 29.3 Å². The van der Waals surface area contributed by atoms with Crippen molar-refractivity contribution in [3.05, 3.63) is 35.6 Å². The molecule has 0 spiro atoms. The molecule has 0 heterocycles. The van der Waals surface area contributed by atoms with Gasteiger partial charge in [0.15, 0.2) is 0 Å². The van der Waals surface area contributed by atoms with E-state index in [0.29, 0.717) is 17.9 Å². The second kappa shape index (κ2) is 5.61. The van der Waals surface area contributed by atoms with Crippen LogP contribution in [0.25, 0.3) is 0 Å². The van der Waals surface area contributed by atoms with Crippen molar-refractivity contribution in [2.24, 2.45) is 10.9 Å². The Morgan fingerprint density at radius 2 is 2.20 bits per heavy atom. The number of aliphatic hydroxyl groups is 1. The third-order valence-corrected chi connectivity index (χ3v) is 1.93. The molecular weight excluding hydrogens is 193 g/mol. The van der Waals surface area contributed by atoms with Crippen molar-refractivity contribution in [2.45, 2.75) is 26.5 Å². The van der Waals surface area contributed by atoms with E-state index >= 15 is 0 Å². The highest BCUT2D eigenvalue weighted by Gasteiger charge is 2.02. The fourth-order valence-corrected chi connectivity index (χ4v) is 1.24. The number of aliphatic imine (C=N–C) groups is 1. The van der Waals surface area contributed by atoms with Gasteiger partial charge in [-0.25, -0.2) is 4.39 Å². The number of hydrogen-bond donors (Lipinski definition) is 1. The van der Waals surface area contributed by atoms with E-state index in [1.54, 1.807) is 12.1 Å². The molecule has 0 saturated carbocycles. The molecule has 2 nitrogen and oxygen atoms in total. The summed E-state index contributed by atoms with van der Waals surface area (Å²) in [5.74, 6) is 0.0990. The Hall–Kier alpha value is -1.22. The van der Waals surface area contributed by atoms with Gasteiger partial charge in [0.25, 0.3) is 0 Å². The number of benzene rings is 1. The summed E-state index contributed by atoms with van der Waals surface area (Å²) in [5, 5.41) is 9.46. The Bertz CT molecular complexity index is 336. The normalized spacial score (nSPS) is 13.7. The molecular formula is C12H16FNO. The zero-order valence-corrected chi connectivity index (χ0v) is 9.02. The Labute approximate surface area is 89.5 Å². The Kier molecular flexibility index (Phi) is 4.43. The summed E-state index contributed by atoms with van der Waals surface area (Å²) in [6, 6.07) is 6.12. The predicted molar refractivity (Wildman–Crippen MR) is 59.5 cm³/mol. The van der Waals surface area contributed by atoms with Gasteiger partial charge in [-0.2, -0.15) is 0 Å². The Morgan fingerprint density at radius 3 is 2.80 bits per heavy atom. The summed E-state index contributed by atoms with van der Waals surface area (Å²) in [6.07, 6.45) is 1.41. The minimum atomic E-state index is -0.701. The zero-order valence-electron chi connectivity index (χ0n) is 9.02. The van der Waals surface area contributed by atoms with Crippen LogP contribution in [0.1, 0.15) is 25.8 Å². The molecule has 0 bridgehead atoms. The fraction of sp³-hybridized carbons (Fsp3) is 0.417. The van der Waals surface area contributed by atoms with Gasteiger partial charge in [0, 0.05) is 6.21 Å². The van der Waals surface area contributed by atoms with Crippen molar-refractivity contribution in [1.29, 1.82) is 0 Å². The summed E-state index contributed by atoms with van der Waals surface area (Å²) in [4.78, 5) is 3.94. The number of aliphatic hydroxyl groups excluding tert-OH is 1. The summed E-state index contributed by atoms with van der Waals surface area (Å²) in [5.41, 5.74) is 0.665. The first-order valence-corrected chi connectivity index (χ1v) is 5.04. The zero-order chi connectivity index (χ0) is 11.3. The lowest BCUT2D eigenvalue weighted by Crippen LogP contribution is -2.07. The molecule has 0 aliphatic carbocycles. The van der Waals surface area contributed by atoms with Crippen molar-refractivity contribution < 1.29 is 9.50 Å². The average Bonchev–Trinajstić information content (AvgIpc) is 2.14. The second-order valence-corrected chi connectivity index (χ2v) is 3.94. The predicted octanol–water partition coefficient (Wildman–Crippen LogP) is 2.61. The van der Waals surface area contributed by atoms with Gasteiger partial charge in [-0.3, -0.25) is 4.99 Å². The summed E-state index contributed by atoms with van der Waals surface area (Å²) >= 11 is 0. The summed E-state index contributed by atoms with van der Waals surface area (Å²) in [7, 11) is 0. The lowest BCUT2D eigenvalue weighted by atomic mass is 10.1. The van der Waals surface area contributed by atoms with E-state index in [-0.39, 0.29) is 5.82 Å². The van der Waals surface area contributed by atoms with Gasteiger partial charge in [-0.1, -0.05) is 26.0 Å². The first-order valence-electron chi connectivity index (χ1n) is 5.04. The van der Waals surface area contributed by atoms with Gasteiger partial charge in [0.1, 0.15) is 12.0 Å². The molecule has 0 amide bonds. The van der Waals surface area contributed by atoms with Crippen LogP contribution in [0, 0.1) is 11.7 Å². The topological polar surface area (TPSA) is 32.6 Å². The van der Waals surface area contributed by atoms with Crippen LogP contribution in [0.4, 0.5) is 4.39 Å². The van der Waals surface area contributed by atoms with Gasteiger partial charge in [-0.15, -0.1) is 0 Å². The van der Waals surface area contributed by atoms with Crippen LogP contribution in [-0.4, -0.2) is 17.5 Å². The minimum absolute atomic E-state index is 0.294. The van der Waals surface area contributed by atoms with Crippen LogP contribution in [0.5, 0.6) is 0 Å². The van der Waals surface area contributed by atoms with E-state index in [9.17, 15) is 9.50 Å². The Balaban J connectivity index is 2.57. The first kappa shape index (κ1) is 11.9. The highest BCUT2D eigenvalue weighted by Crippen LogP contribution is 2.06. The van der Waals surface area contributed by atoms with Crippen molar-refractivity contribution in [1.82, 2.24) is 0 Å². The molecule has 0 aliphatic rings. The molecule has 1 N–H and O–H groups in total. The van der Waals surface area contributed by atoms with E-state index < -0.39 is 6.23 Å². The quantitative estimate of drug-likeness (QED) is 0.759. The minimum Gasteiger partial charge on any atom is -0.372 e. The lowest BCUT2D eigenvalue weighted by Gasteiger charge is -2.07. The second-order valence-electron chi connectivity index (χ2n) is 3.94. The van der Waals surface area contributed by atoms with Gasteiger partial charge in [-0.05, 0) is 30.0 Å². The van der Waals surface area contributed by atoms with Crippen LogP contribution in [0.2, 0.25) is 0 Å². The number of rotatable bonds is 4. The van der Waals surface area contributed by atoms with Crippen molar-refractivity contribution >= 4 is 6.21 Å². The fourth-order valence-electron chi connectivity index (χ4n) is 1.24. The summed E-state index contributed by atoms with van der Waals surface area (Å²) in [6.45, 7) is 4.03. The van der Waals surface area contributed by atoms with E-state index in [4.69, 9.17) is 0 Å². The van der Waals surface area contributed by atoms with E-state index in [0.717, 1.165) is 0 Å². The largest absolute Gasteiger partial charge is 0.372 e. The lowest BCUT2D eigenvalue weighted by molar-refractivity contribution is 0.159. The molecule has 82 valence electrons. The first-order chi connectivity index (χ1) is 7.08. The number of nitrogens with zero attached hydrogens (tertiary/aromatic N) is 1. The molecule has 0 unspecified atom stereocenters. The maximum atomic E-state index is 12.8. The molecule has 3 heteroatoms. The van der Waals surface area contributed by atoms with Gasteiger partial charge >= 0.3 is 0 Å². The summed E-state index contributed by atoms with van der Waals surface area (Å²) < 4.78 is 12.8. The molecule has 1 aromatic rings. The highest BCUT2D eigenvalue weighted by molar-refractivity contribution is 5.79. The maximum absolute atomic E-state index is 12.8. The highest BCUT2D eigenvalue weighted by atomic mass is 19.1. The molecule has 0 fully saturated rings. The molecule has 0 saturated heterocycles. The number of hydrogen-bond acceptors (Lipinski definition) is 2. The molecule has 1 atom stereocenters. The van der Waals surface area contributed by atoms with E-state index in [1.165, 1.54) is 18.3 Å². The van der Waals surface area contributed by atoms with Crippen LogP contribution < -0.4 is 0 Å². The van der Waals surface area contributed by atoms with Gasteiger partial charge in [0.05, 0.1) is 0 Å². The molecule has 15 heavy (non-hydrogen) atoms. The Morgan fingerprint density at radius 1 is 1.47 bits per heavy atom. The molecule has 0 radical (unpaired) electrons. The van der Waals surface area contributed by atoms with E-state index in [2.05, 4.69) is 4.99 Å². The van der Waals surface area contributed by atoms with Crippen LogP contribution in [-0.2, 0) is 0 Å². The van der Waals surface area contributed by atoms with Crippen molar-refractivity contribution in [2.75, 3.05) is 0 Å². The SMILES string of the molecule is CC(C)C[C@H](O)N=Cc1cccc(F)c1. The monoisotopic (exact) mass is 209 g/mol. The molecule has 0 aromatic heterocycles. The van der Waals surface area contributed by atoms with E-state index in [1.807, 2.05) is 13.8 Å². The van der Waals surface area contributed by atoms with Crippen molar-refractivity contribution in [3.8, 4) is 0 Å². The number of halogens is 1. The smallest absolute Gasteiger partial charge is 0.145 e. The molecule has 0 aliphatic heterocycles. The maximum Gasteiger partial charge on any atom is 0.145 e. The molecule has 1 aromatic carbocycles. The van der Waals surface area contributed by atoms with Crippen molar-refractivity contribution in [3.63, 3.8) is 0 Å². The van der Waals surface area contributed by atoms with Gasteiger partial charge < -0.3 is 5.11 Å². The van der Waals surface area contributed by atoms with Gasteiger partial charge in [0.2, 0.25) is 0 Å².